The molecule has 1 heterocycles. The number of carbonyl (C=O) groups is 1. The number of nitrogens with zero attached hydrogens (tertiary/aromatic N) is 1. The van der Waals surface area contributed by atoms with Crippen molar-refractivity contribution in [3.05, 3.63) is 48.0 Å². The minimum Gasteiger partial charge on any atom is -0.355 e. The van der Waals surface area contributed by atoms with Crippen molar-refractivity contribution in [3.63, 3.8) is 0 Å². The minimum atomic E-state index is -0.0232. The van der Waals surface area contributed by atoms with Crippen LogP contribution in [0.3, 0.4) is 0 Å². The first-order valence-electron chi connectivity index (χ1n) is 9.33. The zero-order chi connectivity index (χ0) is 17.8. The zero-order valence-corrected chi connectivity index (χ0v) is 15.5. The highest BCUT2D eigenvalue weighted by Crippen LogP contribution is 2.23. The Morgan fingerprint density at radius 1 is 1.20 bits per heavy atom. The SMILES string of the molecule is CCNC(=O)[C@@H]1C[C@H](NCc2cccc3ccccc23)CN1C(C)C. The predicted octanol–water partition coefficient (Wildman–Crippen LogP) is 2.92. The van der Waals surface area contributed by atoms with Crippen LogP contribution in [-0.4, -0.2) is 42.0 Å². The molecule has 1 fully saturated rings. The highest BCUT2D eigenvalue weighted by atomic mass is 16.2. The Bertz CT molecular complexity index is 723. The van der Waals surface area contributed by atoms with Gasteiger partial charge in [-0.25, -0.2) is 0 Å². The van der Waals surface area contributed by atoms with E-state index in [1.54, 1.807) is 0 Å². The van der Waals surface area contributed by atoms with E-state index in [2.05, 4.69) is 71.8 Å². The molecular weight excluding hydrogens is 310 g/mol. The van der Waals surface area contributed by atoms with E-state index in [1.165, 1.54) is 16.3 Å². The zero-order valence-electron chi connectivity index (χ0n) is 15.5. The Balaban J connectivity index is 1.68. The number of hydrogen-bond acceptors (Lipinski definition) is 3. The van der Waals surface area contributed by atoms with Gasteiger partial charge in [0.15, 0.2) is 0 Å². The number of nitrogens with one attached hydrogen (secondary N) is 2. The van der Waals surface area contributed by atoms with Gasteiger partial charge >= 0.3 is 0 Å². The summed E-state index contributed by atoms with van der Waals surface area (Å²) in [5, 5.41) is 9.24. The summed E-state index contributed by atoms with van der Waals surface area (Å²) in [5.74, 6) is 0.158. The van der Waals surface area contributed by atoms with E-state index in [4.69, 9.17) is 0 Å². The van der Waals surface area contributed by atoms with E-state index in [9.17, 15) is 4.79 Å². The summed E-state index contributed by atoms with van der Waals surface area (Å²) in [6.45, 7) is 8.75. The molecule has 1 aliphatic rings. The summed E-state index contributed by atoms with van der Waals surface area (Å²) in [4.78, 5) is 14.7. The fourth-order valence-electron chi connectivity index (χ4n) is 3.83. The van der Waals surface area contributed by atoms with Crippen LogP contribution in [0.15, 0.2) is 42.5 Å². The van der Waals surface area contributed by atoms with Crippen LogP contribution >= 0.6 is 0 Å². The highest BCUT2D eigenvalue weighted by molar-refractivity contribution is 5.85. The maximum Gasteiger partial charge on any atom is 0.237 e. The summed E-state index contributed by atoms with van der Waals surface area (Å²) in [7, 11) is 0. The van der Waals surface area contributed by atoms with Crippen LogP contribution in [0.2, 0.25) is 0 Å². The lowest BCUT2D eigenvalue weighted by atomic mass is 10.0. The van der Waals surface area contributed by atoms with Crippen LogP contribution in [-0.2, 0) is 11.3 Å². The Morgan fingerprint density at radius 3 is 2.72 bits per heavy atom. The van der Waals surface area contributed by atoms with Gasteiger partial charge in [-0.05, 0) is 43.5 Å². The predicted molar refractivity (Wildman–Crippen MR) is 104 cm³/mol. The lowest BCUT2D eigenvalue weighted by Gasteiger charge is -2.27. The number of amides is 1. The average molecular weight is 339 g/mol. The van der Waals surface area contributed by atoms with Gasteiger partial charge in [0.05, 0.1) is 6.04 Å². The quantitative estimate of drug-likeness (QED) is 0.850. The fourth-order valence-corrected chi connectivity index (χ4v) is 3.83. The maximum absolute atomic E-state index is 12.4. The average Bonchev–Trinajstić information content (AvgIpc) is 3.05. The van der Waals surface area contributed by atoms with Crippen molar-refractivity contribution in [1.82, 2.24) is 15.5 Å². The number of likely N-dealkylation sites (tertiary alicyclic amines) is 1. The van der Waals surface area contributed by atoms with E-state index < -0.39 is 0 Å². The largest absolute Gasteiger partial charge is 0.355 e. The molecule has 0 bridgehead atoms. The first kappa shape index (κ1) is 17.9. The first-order valence-corrected chi connectivity index (χ1v) is 9.33. The smallest absolute Gasteiger partial charge is 0.237 e. The number of rotatable bonds is 6. The van der Waals surface area contributed by atoms with Crippen LogP contribution in [0.25, 0.3) is 10.8 Å². The summed E-state index contributed by atoms with van der Waals surface area (Å²) in [5.41, 5.74) is 1.32. The van der Waals surface area contributed by atoms with Crippen molar-refractivity contribution in [2.45, 2.75) is 51.9 Å². The monoisotopic (exact) mass is 339 g/mol. The van der Waals surface area contributed by atoms with E-state index in [0.29, 0.717) is 18.6 Å². The van der Waals surface area contributed by atoms with Crippen molar-refractivity contribution < 1.29 is 4.79 Å². The second-order valence-electron chi connectivity index (χ2n) is 7.15. The maximum atomic E-state index is 12.4. The molecule has 3 rings (SSSR count). The van der Waals surface area contributed by atoms with E-state index >= 15 is 0 Å². The van der Waals surface area contributed by atoms with Gasteiger partial charge in [-0.1, -0.05) is 42.5 Å². The van der Waals surface area contributed by atoms with E-state index in [-0.39, 0.29) is 11.9 Å². The van der Waals surface area contributed by atoms with Gasteiger partial charge in [0, 0.05) is 31.7 Å². The third-order valence-corrected chi connectivity index (χ3v) is 5.12. The molecule has 1 amide bonds. The Morgan fingerprint density at radius 2 is 1.96 bits per heavy atom. The topological polar surface area (TPSA) is 44.4 Å². The molecule has 0 radical (unpaired) electrons. The number of fused-ring (bicyclic) bond motifs is 1. The molecule has 1 aliphatic heterocycles. The molecule has 25 heavy (non-hydrogen) atoms. The van der Waals surface area contributed by atoms with E-state index in [0.717, 1.165) is 19.5 Å². The summed E-state index contributed by atoms with van der Waals surface area (Å²) in [6.07, 6.45) is 0.870. The Hall–Kier alpha value is -1.91. The molecule has 1 saturated heterocycles. The first-order chi connectivity index (χ1) is 12.1. The van der Waals surface area contributed by atoms with Crippen LogP contribution in [0.5, 0.6) is 0 Å². The normalized spacial score (nSPS) is 21.1. The standard InChI is InChI=1S/C21H29N3O/c1-4-22-21(25)20-12-18(14-24(20)15(2)3)23-13-17-10-7-9-16-8-5-6-11-19(16)17/h5-11,15,18,20,23H,4,12-14H2,1-3H3,(H,22,25)/t18-,20-/m0/s1. The molecule has 2 aromatic carbocycles. The van der Waals surface area contributed by atoms with Crippen molar-refractivity contribution >= 4 is 16.7 Å². The highest BCUT2D eigenvalue weighted by Gasteiger charge is 2.37. The lowest BCUT2D eigenvalue weighted by molar-refractivity contribution is -0.125. The third-order valence-electron chi connectivity index (χ3n) is 5.12. The van der Waals surface area contributed by atoms with Gasteiger partial charge in [-0.3, -0.25) is 9.69 Å². The Labute approximate surface area is 150 Å². The van der Waals surface area contributed by atoms with Crippen molar-refractivity contribution in [2.75, 3.05) is 13.1 Å². The van der Waals surface area contributed by atoms with Crippen molar-refractivity contribution in [1.29, 1.82) is 0 Å². The molecule has 134 valence electrons. The number of hydrogen-bond donors (Lipinski definition) is 2. The number of carbonyl (C=O) groups excluding carboxylic acids is 1. The molecule has 0 saturated carbocycles. The minimum absolute atomic E-state index is 0.0232. The van der Waals surface area contributed by atoms with Gasteiger partial charge < -0.3 is 10.6 Å². The number of benzene rings is 2. The molecule has 0 aliphatic carbocycles. The molecule has 2 atom stereocenters. The van der Waals surface area contributed by atoms with Gasteiger partial charge in [-0.2, -0.15) is 0 Å². The summed E-state index contributed by atoms with van der Waals surface area (Å²) < 4.78 is 0. The van der Waals surface area contributed by atoms with Crippen LogP contribution < -0.4 is 10.6 Å². The van der Waals surface area contributed by atoms with Gasteiger partial charge in [0.1, 0.15) is 0 Å². The summed E-state index contributed by atoms with van der Waals surface area (Å²) >= 11 is 0. The fraction of sp³-hybridized carbons (Fsp3) is 0.476. The van der Waals surface area contributed by atoms with E-state index in [1.807, 2.05) is 6.92 Å². The third kappa shape index (κ3) is 4.02. The lowest BCUT2D eigenvalue weighted by Crippen LogP contribution is -2.46. The van der Waals surface area contributed by atoms with Crippen LogP contribution in [0.4, 0.5) is 0 Å². The van der Waals surface area contributed by atoms with Crippen LogP contribution in [0, 0.1) is 0 Å². The molecule has 4 heteroatoms. The molecule has 4 nitrogen and oxygen atoms in total. The van der Waals surface area contributed by atoms with Crippen LogP contribution in [0.1, 0.15) is 32.8 Å². The second kappa shape index (κ2) is 7.98. The van der Waals surface area contributed by atoms with Gasteiger partial charge in [0.2, 0.25) is 5.91 Å². The van der Waals surface area contributed by atoms with Crippen molar-refractivity contribution in [2.24, 2.45) is 0 Å². The molecule has 0 unspecified atom stereocenters. The van der Waals surface area contributed by atoms with Crippen molar-refractivity contribution in [3.8, 4) is 0 Å². The Kier molecular flexibility index (Phi) is 5.71. The van der Waals surface area contributed by atoms with Gasteiger partial charge in [-0.15, -0.1) is 0 Å². The molecule has 0 aromatic heterocycles. The molecule has 0 spiro atoms. The van der Waals surface area contributed by atoms with Gasteiger partial charge in [0.25, 0.3) is 0 Å². The molecule has 2 N–H and O–H groups in total. The molecule has 2 aromatic rings. The molecular formula is C21H29N3O. The number of likely N-dealkylation sites (N-methyl/N-ethyl adjacent to an activating group) is 1. The summed E-state index contributed by atoms with van der Waals surface area (Å²) in [6, 6.07) is 15.6. The second-order valence-corrected chi connectivity index (χ2v) is 7.15.